The van der Waals surface area contributed by atoms with Crippen LogP contribution >= 0.6 is 0 Å². The first-order valence-electron chi connectivity index (χ1n) is 7.84. The summed E-state index contributed by atoms with van der Waals surface area (Å²) in [5.74, 6) is 0.676. The second kappa shape index (κ2) is 8.28. The van der Waals surface area contributed by atoms with E-state index in [0.717, 1.165) is 12.7 Å². The Morgan fingerprint density at radius 3 is 2.50 bits per heavy atom. The van der Waals surface area contributed by atoms with Crippen LogP contribution in [0, 0.1) is 5.92 Å². The summed E-state index contributed by atoms with van der Waals surface area (Å²) < 4.78 is 5.30. The topological polar surface area (TPSA) is 55.4 Å². The van der Waals surface area contributed by atoms with Crippen LogP contribution in [0.5, 0.6) is 0 Å². The van der Waals surface area contributed by atoms with E-state index in [2.05, 4.69) is 5.32 Å². The number of alkyl carbamates (subject to hydrolysis) is 1. The van der Waals surface area contributed by atoms with E-state index >= 15 is 0 Å². The van der Waals surface area contributed by atoms with Gasteiger partial charge in [-0.3, -0.25) is 0 Å². The summed E-state index contributed by atoms with van der Waals surface area (Å²) in [7, 11) is 0. The van der Waals surface area contributed by atoms with Gasteiger partial charge in [0.1, 0.15) is 11.9 Å². The first kappa shape index (κ1) is 17.0. The molecule has 0 saturated heterocycles. The van der Waals surface area contributed by atoms with Gasteiger partial charge in [-0.05, 0) is 39.5 Å². The predicted molar refractivity (Wildman–Crippen MR) is 79.6 cm³/mol. The maximum Gasteiger partial charge on any atom is 0.407 e. The lowest BCUT2D eigenvalue weighted by Gasteiger charge is -2.28. The molecule has 1 saturated carbocycles. The van der Waals surface area contributed by atoms with Gasteiger partial charge in [0.2, 0.25) is 0 Å². The highest BCUT2D eigenvalue weighted by Crippen LogP contribution is 2.28. The molecule has 20 heavy (non-hydrogen) atoms. The normalized spacial score (nSPS) is 18.4. The molecule has 4 nitrogen and oxygen atoms in total. The molecule has 116 valence electrons. The van der Waals surface area contributed by atoms with Crippen molar-refractivity contribution in [1.82, 2.24) is 5.32 Å². The van der Waals surface area contributed by atoms with Crippen molar-refractivity contribution >= 4 is 12.4 Å². The summed E-state index contributed by atoms with van der Waals surface area (Å²) in [6.45, 7) is 5.57. The van der Waals surface area contributed by atoms with Crippen LogP contribution in [0.3, 0.4) is 0 Å². The van der Waals surface area contributed by atoms with Crippen molar-refractivity contribution in [2.45, 2.75) is 83.8 Å². The molecule has 1 aliphatic carbocycles. The van der Waals surface area contributed by atoms with Gasteiger partial charge in [-0.2, -0.15) is 0 Å². The van der Waals surface area contributed by atoms with Crippen molar-refractivity contribution in [2.75, 3.05) is 0 Å². The number of rotatable bonds is 6. The molecule has 0 unspecified atom stereocenters. The minimum absolute atomic E-state index is 0.0538. The fraction of sp³-hybridized carbons (Fsp3) is 0.875. The fourth-order valence-corrected chi connectivity index (χ4v) is 2.82. The average Bonchev–Trinajstić information content (AvgIpc) is 2.35. The fourth-order valence-electron chi connectivity index (χ4n) is 2.82. The zero-order chi connectivity index (χ0) is 15.0. The summed E-state index contributed by atoms with van der Waals surface area (Å²) in [5.41, 5.74) is -0.482. The monoisotopic (exact) mass is 283 g/mol. The lowest BCUT2D eigenvalue weighted by molar-refractivity contribution is -0.108. The van der Waals surface area contributed by atoms with E-state index in [1.54, 1.807) is 0 Å². The highest BCUT2D eigenvalue weighted by Gasteiger charge is 2.23. The lowest BCUT2D eigenvalue weighted by Crippen LogP contribution is -2.40. The molecule has 0 heterocycles. The predicted octanol–water partition coefficient (Wildman–Crippen LogP) is 3.83. The largest absolute Gasteiger partial charge is 0.444 e. The molecule has 1 amide bonds. The summed E-state index contributed by atoms with van der Waals surface area (Å²) in [6, 6.07) is 0.0538. The third kappa shape index (κ3) is 7.51. The van der Waals surface area contributed by atoms with E-state index in [1.807, 2.05) is 20.8 Å². The number of nitrogens with one attached hydrogen (secondary N) is 1. The number of carbonyl (C=O) groups is 2. The molecule has 0 aromatic rings. The molecular formula is C16H29NO3. The molecule has 0 spiro atoms. The van der Waals surface area contributed by atoms with Gasteiger partial charge >= 0.3 is 6.09 Å². The second-order valence-corrected chi connectivity index (χ2v) is 6.83. The van der Waals surface area contributed by atoms with Crippen molar-refractivity contribution in [2.24, 2.45) is 5.92 Å². The summed E-state index contributed by atoms with van der Waals surface area (Å²) in [5, 5.41) is 2.94. The standard InChI is InChI=1S/C16H29NO3/c1-16(2,3)20-15(19)17-14(10-7-11-18)12-13-8-5-4-6-9-13/h11,13-14H,4-10,12H2,1-3H3,(H,17,19)/t14-/m1/s1. The Bertz CT molecular complexity index is 303. The molecule has 1 fully saturated rings. The smallest absolute Gasteiger partial charge is 0.407 e. The number of hydrogen-bond donors (Lipinski definition) is 1. The maximum atomic E-state index is 11.9. The highest BCUT2D eigenvalue weighted by atomic mass is 16.6. The minimum atomic E-state index is -0.482. The number of hydrogen-bond acceptors (Lipinski definition) is 3. The van der Waals surface area contributed by atoms with Gasteiger partial charge in [-0.15, -0.1) is 0 Å². The Labute approximate surface area is 122 Å². The van der Waals surface area contributed by atoms with Gasteiger partial charge in [0, 0.05) is 12.5 Å². The third-order valence-electron chi connectivity index (χ3n) is 3.70. The highest BCUT2D eigenvalue weighted by molar-refractivity contribution is 5.68. The zero-order valence-corrected chi connectivity index (χ0v) is 13.1. The molecule has 1 atom stereocenters. The van der Waals surface area contributed by atoms with Crippen LogP contribution < -0.4 is 5.32 Å². The van der Waals surface area contributed by atoms with Gasteiger partial charge < -0.3 is 14.8 Å². The zero-order valence-electron chi connectivity index (χ0n) is 13.1. The van der Waals surface area contributed by atoms with E-state index in [0.29, 0.717) is 18.8 Å². The van der Waals surface area contributed by atoms with Crippen LogP contribution in [-0.4, -0.2) is 24.0 Å². The minimum Gasteiger partial charge on any atom is -0.444 e. The number of carbonyl (C=O) groups excluding carboxylic acids is 2. The van der Waals surface area contributed by atoms with Crippen LogP contribution in [-0.2, 0) is 9.53 Å². The van der Waals surface area contributed by atoms with Crippen molar-refractivity contribution in [1.29, 1.82) is 0 Å². The molecule has 1 aliphatic rings. The summed E-state index contributed by atoms with van der Waals surface area (Å²) in [4.78, 5) is 22.4. The van der Waals surface area contributed by atoms with Crippen LogP contribution in [0.2, 0.25) is 0 Å². The van der Waals surface area contributed by atoms with Gasteiger partial charge in [0.25, 0.3) is 0 Å². The van der Waals surface area contributed by atoms with Gasteiger partial charge in [0.05, 0.1) is 0 Å². The Morgan fingerprint density at radius 1 is 1.30 bits per heavy atom. The first-order chi connectivity index (χ1) is 9.40. The van der Waals surface area contributed by atoms with Crippen molar-refractivity contribution in [3.05, 3.63) is 0 Å². The molecule has 0 radical (unpaired) electrons. The van der Waals surface area contributed by atoms with Gasteiger partial charge in [-0.25, -0.2) is 4.79 Å². The van der Waals surface area contributed by atoms with Gasteiger partial charge in [0.15, 0.2) is 0 Å². The SMILES string of the molecule is CC(C)(C)OC(=O)N[C@H](CCC=O)CC1CCCCC1. The molecule has 4 heteroatoms. The van der Waals surface area contributed by atoms with Crippen LogP contribution in [0.25, 0.3) is 0 Å². The quantitative estimate of drug-likeness (QED) is 0.754. The molecule has 0 aromatic carbocycles. The van der Waals surface area contributed by atoms with E-state index in [-0.39, 0.29) is 12.1 Å². The second-order valence-electron chi connectivity index (χ2n) is 6.83. The summed E-state index contributed by atoms with van der Waals surface area (Å²) in [6.07, 6.45) is 9.11. The van der Waals surface area contributed by atoms with E-state index in [9.17, 15) is 9.59 Å². The molecule has 0 aliphatic heterocycles. The molecule has 0 bridgehead atoms. The van der Waals surface area contributed by atoms with E-state index in [1.165, 1.54) is 32.1 Å². The molecule has 0 aromatic heterocycles. The van der Waals surface area contributed by atoms with Crippen molar-refractivity contribution in [3.8, 4) is 0 Å². The third-order valence-corrected chi connectivity index (χ3v) is 3.70. The molecule has 1 N–H and O–H groups in total. The van der Waals surface area contributed by atoms with Crippen LogP contribution in [0.1, 0.15) is 72.1 Å². The Kier molecular flexibility index (Phi) is 7.03. The Balaban J connectivity index is 2.45. The number of amides is 1. The van der Waals surface area contributed by atoms with Crippen molar-refractivity contribution in [3.63, 3.8) is 0 Å². The van der Waals surface area contributed by atoms with Crippen LogP contribution in [0.4, 0.5) is 4.79 Å². The first-order valence-corrected chi connectivity index (χ1v) is 7.84. The Morgan fingerprint density at radius 2 is 1.95 bits per heavy atom. The van der Waals surface area contributed by atoms with Crippen molar-refractivity contribution < 1.29 is 14.3 Å². The van der Waals surface area contributed by atoms with E-state index < -0.39 is 5.60 Å². The lowest BCUT2D eigenvalue weighted by atomic mass is 9.84. The van der Waals surface area contributed by atoms with Crippen LogP contribution in [0.15, 0.2) is 0 Å². The Hall–Kier alpha value is -1.06. The maximum absolute atomic E-state index is 11.9. The molecular weight excluding hydrogens is 254 g/mol. The molecule has 1 rings (SSSR count). The summed E-state index contributed by atoms with van der Waals surface area (Å²) >= 11 is 0. The average molecular weight is 283 g/mol. The number of aldehydes is 1. The van der Waals surface area contributed by atoms with E-state index in [4.69, 9.17) is 4.74 Å². The van der Waals surface area contributed by atoms with Gasteiger partial charge in [-0.1, -0.05) is 32.1 Å². The number of ether oxygens (including phenoxy) is 1.